The summed E-state index contributed by atoms with van der Waals surface area (Å²) in [5.41, 5.74) is 9.56. The van der Waals surface area contributed by atoms with Crippen LogP contribution in [-0.4, -0.2) is 16.2 Å². The highest BCUT2D eigenvalue weighted by atomic mass is 16.5. The molecule has 2 aromatic heterocycles. The standard InChI is InChI=1S/C74H62N4O2/c1-73(2,3)54-42-62(50-24-11-7-12-25-50)71(63(43-54)51-26-13-8-14-27-51)77-49-76(67-36-21-22-37-68(67)77)56-32-23-33-57(46-56)79-58-38-39-61-60-34-19-20-35-66(60)78(69(61)47-58)70-48-59(40-41-75-70)80-72-64(52-28-15-9-16-29-52)44-55(74(4,5)6)45-65(72)53-30-17-10-18-31-53/h7-48H,49H2,1-6H3/i7D,8D,11D,12D,13D,14D,24D,25D,26D,27D. The molecule has 6 nitrogen and oxygen atoms in total. The summed E-state index contributed by atoms with van der Waals surface area (Å²) in [6, 6.07) is 57.1. The quantitative estimate of drug-likeness (QED) is 0.129. The summed E-state index contributed by atoms with van der Waals surface area (Å²) in [7, 11) is 0. The van der Waals surface area contributed by atoms with Gasteiger partial charge in [0.1, 0.15) is 35.5 Å². The van der Waals surface area contributed by atoms with E-state index in [9.17, 15) is 5.48 Å². The molecular weight excluding hydrogens is 977 g/mol. The molecule has 10 aromatic carbocycles. The monoisotopic (exact) mass is 1050 g/mol. The van der Waals surface area contributed by atoms with E-state index in [0.717, 1.165) is 61.2 Å². The minimum Gasteiger partial charge on any atom is -0.457 e. The summed E-state index contributed by atoms with van der Waals surface area (Å²) in [6.45, 7) is 12.6. The molecule has 0 atom stereocenters. The van der Waals surface area contributed by atoms with Crippen LogP contribution in [-0.2, 0) is 10.8 Å². The van der Waals surface area contributed by atoms with Crippen LogP contribution < -0.4 is 19.3 Å². The van der Waals surface area contributed by atoms with E-state index in [1.165, 1.54) is 5.56 Å². The van der Waals surface area contributed by atoms with Crippen molar-refractivity contribution in [3.8, 4) is 73.3 Å². The van der Waals surface area contributed by atoms with Gasteiger partial charge in [-0.05, 0) is 117 Å². The fourth-order valence-corrected chi connectivity index (χ4v) is 10.8. The minimum absolute atomic E-state index is 0.0835. The Morgan fingerprint density at radius 2 is 0.950 bits per heavy atom. The number of hydrogen-bond donors (Lipinski definition) is 0. The van der Waals surface area contributed by atoms with Crippen molar-refractivity contribution in [1.82, 2.24) is 9.55 Å². The highest BCUT2D eigenvalue weighted by Gasteiger charge is 2.33. The molecular formula is C74H62N4O2. The van der Waals surface area contributed by atoms with Crippen LogP contribution in [0.2, 0.25) is 0 Å². The van der Waals surface area contributed by atoms with Gasteiger partial charge in [-0.15, -0.1) is 0 Å². The Labute approximate surface area is 483 Å². The van der Waals surface area contributed by atoms with Crippen molar-refractivity contribution >= 4 is 44.6 Å². The minimum atomic E-state index is -0.628. The van der Waals surface area contributed by atoms with Gasteiger partial charge in [-0.25, -0.2) is 4.98 Å². The molecule has 1 aliphatic rings. The van der Waals surface area contributed by atoms with Gasteiger partial charge in [0.2, 0.25) is 0 Å². The van der Waals surface area contributed by atoms with Crippen LogP contribution in [0.15, 0.2) is 255 Å². The molecule has 12 aromatic rings. The summed E-state index contributed by atoms with van der Waals surface area (Å²) in [6.07, 6.45) is 1.77. The Morgan fingerprint density at radius 3 is 1.56 bits per heavy atom. The van der Waals surface area contributed by atoms with Crippen LogP contribution in [0.25, 0.3) is 72.1 Å². The lowest BCUT2D eigenvalue weighted by Crippen LogP contribution is -2.25. The zero-order valence-electron chi connectivity index (χ0n) is 55.3. The summed E-state index contributed by atoms with van der Waals surface area (Å²) < 4.78 is 106. The molecule has 3 heterocycles. The third-order valence-electron chi connectivity index (χ3n) is 14.8. The second-order valence-corrected chi connectivity index (χ2v) is 22.1. The SMILES string of the molecule is [2H]c1c([2H])c([2H])c(-c2cc(C(C)(C)C)cc(-c3c([2H])c([2H])c([2H])c([2H])c3[2H])c2N2CN(c3cccc(Oc4ccc5c6ccccc6n(-c6cc(Oc7c(-c8ccccc8)cc(C(C)(C)C)cc7-c7ccccc7)ccn6)c5c4)c3)c3ccccc32)c([2H])c1[2H]. The van der Waals surface area contributed by atoms with Gasteiger partial charge in [-0.2, -0.15) is 0 Å². The first kappa shape index (κ1) is 39.7. The normalized spacial score (nSPS) is 14.3. The molecule has 390 valence electrons. The average Bonchev–Trinajstić information content (AvgIpc) is 1.29. The summed E-state index contributed by atoms with van der Waals surface area (Å²) in [4.78, 5) is 8.98. The largest absolute Gasteiger partial charge is 0.457 e. The first-order chi connectivity index (χ1) is 43.1. The number of hydrogen-bond acceptors (Lipinski definition) is 5. The van der Waals surface area contributed by atoms with E-state index >= 15 is 0 Å². The zero-order chi connectivity index (χ0) is 63.2. The lowest BCUT2D eigenvalue weighted by atomic mass is 9.82. The molecule has 0 spiro atoms. The molecule has 0 N–H and O–H groups in total. The Bertz CT molecular complexity index is 4660. The van der Waals surface area contributed by atoms with Crippen molar-refractivity contribution in [2.24, 2.45) is 0 Å². The van der Waals surface area contributed by atoms with Crippen molar-refractivity contribution in [1.29, 1.82) is 0 Å². The predicted octanol–water partition coefficient (Wildman–Crippen LogP) is 20.3. The molecule has 80 heavy (non-hydrogen) atoms. The maximum absolute atomic E-state index is 9.33. The van der Waals surface area contributed by atoms with E-state index in [2.05, 4.69) is 84.8 Å². The fraction of sp³-hybridized carbons (Fsp3) is 0.122. The van der Waals surface area contributed by atoms with Crippen molar-refractivity contribution in [3.63, 3.8) is 0 Å². The smallest absolute Gasteiger partial charge is 0.143 e. The lowest BCUT2D eigenvalue weighted by Gasteiger charge is -2.30. The van der Waals surface area contributed by atoms with Gasteiger partial charge in [0.25, 0.3) is 0 Å². The number of aromatic nitrogens is 2. The van der Waals surface area contributed by atoms with Gasteiger partial charge in [-0.1, -0.05) is 199 Å². The molecule has 0 bridgehead atoms. The number of rotatable bonds is 11. The fourth-order valence-electron chi connectivity index (χ4n) is 10.8. The van der Waals surface area contributed by atoms with E-state index in [0.29, 0.717) is 40.0 Å². The second-order valence-electron chi connectivity index (χ2n) is 22.1. The van der Waals surface area contributed by atoms with Crippen LogP contribution in [0.1, 0.15) is 66.4 Å². The first-order valence-corrected chi connectivity index (χ1v) is 26.8. The third-order valence-corrected chi connectivity index (χ3v) is 14.8. The maximum Gasteiger partial charge on any atom is 0.143 e. The molecule has 0 aliphatic carbocycles. The maximum atomic E-state index is 9.33. The average molecular weight is 1050 g/mol. The van der Waals surface area contributed by atoms with Crippen LogP contribution in [0.3, 0.4) is 0 Å². The molecule has 0 fully saturated rings. The number of ether oxygens (including phenoxy) is 2. The van der Waals surface area contributed by atoms with Gasteiger partial charge in [0.15, 0.2) is 0 Å². The third kappa shape index (κ3) is 9.43. The van der Waals surface area contributed by atoms with Crippen LogP contribution in [0, 0.1) is 0 Å². The number of benzene rings is 10. The summed E-state index contributed by atoms with van der Waals surface area (Å²) in [5, 5.41) is 2.02. The number of fused-ring (bicyclic) bond motifs is 4. The van der Waals surface area contributed by atoms with Crippen molar-refractivity contribution in [3.05, 3.63) is 266 Å². The number of pyridine rings is 1. The van der Waals surface area contributed by atoms with E-state index in [-0.39, 0.29) is 34.3 Å². The molecule has 0 unspecified atom stereocenters. The Morgan fingerprint density at radius 1 is 0.425 bits per heavy atom. The van der Waals surface area contributed by atoms with Crippen LogP contribution in [0.4, 0.5) is 22.7 Å². The van der Waals surface area contributed by atoms with E-state index in [1.54, 1.807) is 18.3 Å². The number of anilines is 4. The highest BCUT2D eigenvalue weighted by molar-refractivity contribution is 6.09. The molecule has 13 rings (SSSR count). The Kier molecular flexibility index (Phi) is 10.1. The zero-order valence-corrected chi connectivity index (χ0v) is 45.3. The highest BCUT2D eigenvalue weighted by Crippen LogP contribution is 2.52. The number of nitrogens with zero attached hydrogens (tertiary/aromatic N) is 4. The molecule has 6 heteroatoms. The molecule has 0 radical (unpaired) electrons. The first-order valence-electron chi connectivity index (χ1n) is 31.8. The predicted molar refractivity (Wildman–Crippen MR) is 333 cm³/mol. The summed E-state index contributed by atoms with van der Waals surface area (Å²) in [5.74, 6) is 3.06. The lowest BCUT2D eigenvalue weighted by molar-refractivity contribution is 0.483. The molecule has 0 amide bonds. The van der Waals surface area contributed by atoms with Gasteiger partial charge in [0.05, 0.1) is 41.8 Å². The van der Waals surface area contributed by atoms with Gasteiger partial charge in [-0.3, -0.25) is 4.57 Å². The van der Waals surface area contributed by atoms with Gasteiger partial charge in [0, 0.05) is 63.1 Å². The molecule has 0 saturated carbocycles. The van der Waals surface area contributed by atoms with Crippen LogP contribution >= 0.6 is 0 Å². The second kappa shape index (κ2) is 20.3. The van der Waals surface area contributed by atoms with Crippen LogP contribution in [0.5, 0.6) is 23.0 Å². The Balaban J connectivity index is 0.903. The molecule has 0 saturated heterocycles. The van der Waals surface area contributed by atoms with Gasteiger partial charge < -0.3 is 19.3 Å². The number of para-hydroxylation sites is 3. The van der Waals surface area contributed by atoms with E-state index in [1.807, 2.05) is 147 Å². The van der Waals surface area contributed by atoms with Crippen molar-refractivity contribution < 1.29 is 23.2 Å². The van der Waals surface area contributed by atoms with E-state index in [4.69, 9.17) is 22.7 Å². The molecule has 1 aliphatic heterocycles. The van der Waals surface area contributed by atoms with Gasteiger partial charge >= 0.3 is 0 Å². The van der Waals surface area contributed by atoms with Crippen molar-refractivity contribution in [2.45, 2.75) is 52.4 Å². The summed E-state index contributed by atoms with van der Waals surface area (Å²) >= 11 is 0. The van der Waals surface area contributed by atoms with Crippen molar-refractivity contribution in [2.75, 3.05) is 16.5 Å². The topological polar surface area (TPSA) is 42.8 Å². The Hall–Kier alpha value is -9.65. The van der Waals surface area contributed by atoms with E-state index < -0.39 is 65.8 Å².